The van der Waals surface area contributed by atoms with Crippen LogP contribution >= 0.6 is 12.2 Å². The van der Waals surface area contributed by atoms with E-state index in [9.17, 15) is 0 Å². The van der Waals surface area contributed by atoms with E-state index in [2.05, 4.69) is 54.7 Å². The third-order valence-corrected chi connectivity index (χ3v) is 7.08. The summed E-state index contributed by atoms with van der Waals surface area (Å²) >= 11 is 5.78. The van der Waals surface area contributed by atoms with Crippen LogP contribution in [0.15, 0.2) is 59.1 Å². The molecule has 0 amide bonds. The van der Waals surface area contributed by atoms with E-state index in [1.807, 2.05) is 38.1 Å². The van der Waals surface area contributed by atoms with Gasteiger partial charge in [-0.15, -0.1) is 0 Å². The Hall–Kier alpha value is -2.86. The Morgan fingerprint density at radius 2 is 1.51 bits per heavy atom. The highest BCUT2D eigenvalue weighted by Gasteiger charge is 2.33. The van der Waals surface area contributed by atoms with Crippen LogP contribution in [0.1, 0.15) is 89.5 Å². The second-order valence-electron chi connectivity index (χ2n) is 9.50. The summed E-state index contributed by atoms with van der Waals surface area (Å²) in [6.07, 6.45) is 8.91. The molecule has 3 aromatic rings. The van der Waals surface area contributed by atoms with Crippen molar-refractivity contribution in [2.45, 2.75) is 84.5 Å². The molecule has 0 aliphatic carbocycles. The number of aromatic nitrogens is 1. The molecule has 0 spiro atoms. The zero-order valence-electron chi connectivity index (χ0n) is 22.8. The molecule has 5 nitrogen and oxygen atoms in total. The second-order valence-corrected chi connectivity index (χ2v) is 9.91. The molecule has 1 heterocycles. The van der Waals surface area contributed by atoms with Crippen molar-refractivity contribution < 1.29 is 14.0 Å². The average molecular weight is 523 g/mol. The zero-order chi connectivity index (χ0) is 26.5. The van der Waals surface area contributed by atoms with Gasteiger partial charge in [-0.1, -0.05) is 86.9 Å². The number of aryl methyl sites for hydroxylation is 1. The Balaban J connectivity index is 1.77. The number of hydrogen-bond acceptors (Lipinski definition) is 5. The quantitative estimate of drug-likeness (QED) is 0.150. The molecule has 6 heteroatoms. The van der Waals surface area contributed by atoms with Gasteiger partial charge in [0.1, 0.15) is 16.5 Å². The van der Waals surface area contributed by atoms with Crippen LogP contribution in [-0.4, -0.2) is 23.4 Å². The average Bonchev–Trinajstić information content (AvgIpc) is 3.37. The maximum atomic E-state index is 5.84. The van der Waals surface area contributed by atoms with Gasteiger partial charge >= 0.3 is 0 Å². The first-order chi connectivity index (χ1) is 18.1. The molecule has 200 valence electrons. The lowest BCUT2D eigenvalue weighted by Gasteiger charge is -2.31. The van der Waals surface area contributed by atoms with Crippen LogP contribution in [0.3, 0.4) is 0 Å². The number of unbranched alkanes of at least 4 members (excludes halogenated alkanes) is 1. The van der Waals surface area contributed by atoms with Crippen LogP contribution in [0.25, 0.3) is 0 Å². The molecule has 1 aromatic heterocycles. The summed E-state index contributed by atoms with van der Waals surface area (Å²) < 4.78 is 17.5. The molecule has 0 bridgehead atoms. The first kappa shape index (κ1) is 28.7. The molecular weight excluding hydrogens is 480 g/mol. The molecule has 0 aliphatic rings. The minimum absolute atomic E-state index is 0.00491. The maximum absolute atomic E-state index is 5.84. The van der Waals surface area contributed by atoms with Crippen molar-refractivity contribution in [2.75, 3.05) is 18.5 Å². The molecule has 1 N–H and O–H groups in total. The van der Waals surface area contributed by atoms with Gasteiger partial charge in [0.25, 0.3) is 0 Å². The van der Waals surface area contributed by atoms with Gasteiger partial charge in [-0.3, -0.25) is 0 Å². The van der Waals surface area contributed by atoms with Crippen molar-refractivity contribution in [3.8, 4) is 11.5 Å². The van der Waals surface area contributed by atoms with Crippen LogP contribution in [0.2, 0.25) is 0 Å². The van der Waals surface area contributed by atoms with Crippen molar-refractivity contribution in [1.29, 1.82) is 0 Å². The highest BCUT2D eigenvalue weighted by molar-refractivity contribution is 7.81. The third kappa shape index (κ3) is 7.81. The smallest absolute Gasteiger partial charge is 0.229 e. The van der Waals surface area contributed by atoms with Gasteiger partial charge in [0, 0.05) is 11.5 Å². The second kappa shape index (κ2) is 14.8. The normalized spacial score (nSPS) is 11.4. The van der Waals surface area contributed by atoms with Crippen molar-refractivity contribution in [1.82, 2.24) is 5.16 Å². The number of ether oxygens (including phenoxy) is 2. The number of nitrogens with one attached hydrogen (secondary N) is 1. The number of rotatable bonds is 16. The first-order valence-corrected chi connectivity index (χ1v) is 14.2. The van der Waals surface area contributed by atoms with Gasteiger partial charge in [-0.2, -0.15) is 0 Å². The molecule has 0 fully saturated rings. The summed E-state index contributed by atoms with van der Waals surface area (Å²) in [5.41, 5.74) is 3.15. The van der Waals surface area contributed by atoms with Crippen LogP contribution in [0.5, 0.6) is 11.5 Å². The molecule has 0 atom stereocenters. The molecular formula is C31H42N2O3S. The Kier molecular flexibility index (Phi) is 11.5. The first-order valence-electron chi connectivity index (χ1n) is 13.8. The van der Waals surface area contributed by atoms with Crippen molar-refractivity contribution in [2.24, 2.45) is 0 Å². The lowest BCUT2D eigenvalue weighted by Crippen LogP contribution is -2.26. The molecule has 37 heavy (non-hydrogen) atoms. The van der Waals surface area contributed by atoms with E-state index in [0.717, 1.165) is 56.2 Å². The monoisotopic (exact) mass is 522 g/mol. The van der Waals surface area contributed by atoms with Gasteiger partial charge in [0.05, 0.1) is 24.5 Å². The highest BCUT2D eigenvalue weighted by atomic mass is 32.1. The largest absolute Gasteiger partial charge is 0.493 e. The van der Waals surface area contributed by atoms with E-state index in [0.29, 0.717) is 35.6 Å². The molecule has 0 aliphatic heterocycles. The van der Waals surface area contributed by atoms with Gasteiger partial charge in [-0.05, 0) is 63.6 Å². The minimum Gasteiger partial charge on any atom is -0.493 e. The summed E-state index contributed by atoms with van der Waals surface area (Å²) in [6.45, 7) is 9.50. The number of thiocarbonyl (C=S) groups is 1. The lowest BCUT2D eigenvalue weighted by atomic mass is 9.72. The predicted molar refractivity (Wildman–Crippen MR) is 156 cm³/mol. The number of benzene rings is 2. The summed E-state index contributed by atoms with van der Waals surface area (Å²) in [5, 5.41) is 7.83. The van der Waals surface area contributed by atoms with Gasteiger partial charge in [0.15, 0.2) is 0 Å². The van der Waals surface area contributed by atoms with Gasteiger partial charge < -0.3 is 19.3 Å². The Morgan fingerprint density at radius 1 is 0.865 bits per heavy atom. The zero-order valence-corrected chi connectivity index (χ0v) is 23.7. The molecule has 3 rings (SSSR count). The number of nitrogens with zero attached hydrogens (tertiary/aromatic N) is 1. The van der Waals surface area contributed by atoms with Crippen molar-refractivity contribution >= 4 is 23.1 Å². The Morgan fingerprint density at radius 3 is 2.11 bits per heavy atom. The third-order valence-electron chi connectivity index (χ3n) is 6.78. The van der Waals surface area contributed by atoms with Crippen LogP contribution in [0, 0.1) is 0 Å². The van der Waals surface area contributed by atoms with E-state index in [4.69, 9.17) is 26.2 Å². The Labute approximate surface area is 227 Å². The SMILES string of the molecule is CCCC(CCC)(CCCCc1ccccc1)c1cc(NC(=S)c2c(OCC)cccc2OCC)on1. The minimum atomic E-state index is 0.00491. The summed E-state index contributed by atoms with van der Waals surface area (Å²) in [4.78, 5) is 0.495. The maximum Gasteiger partial charge on any atom is 0.229 e. The topological polar surface area (TPSA) is 56.5 Å². The van der Waals surface area contributed by atoms with E-state index < -0.39 is 0 Å². The molecule has 2 aromatic carbocycles. The molecule has 0 saturated carbocycles. The van der Waals surface area contributed by atoms with Crippen LogP contribution in [0.4, 0.5) is 5.88 Å². The number of hydrogen-bond donors (Lipinski definition) is 1. The van der Waals surface area contributed by atoms with Crippen molar-refractivity contribution in [3.63, 3.8) is 0 Å². The summed E-state index contributed by atoms with van der Waals surface area (Å²) in [7, 11) is 0. The van der Waals surface area contributed by atoms with Crippen molar-refractivity contribution in [3.05, 3.63) is 71.4 Å². The van der Waals surface area contributed by atoms with E-state index in [-0.39, 0.29) is 5.41 Å². The summed E-state index contributed by atoms with van der Waals surface area (Å²) in [5.74, 6) is 1.93. The van der Waals surface area contributed by atoms with Gasteiger partial charge in [-0.25, -0.2) is 0 Å². The summed E-state index contributed by atoms with van der Waals surface area (Å²) in [6, 6.07) is 18.5. The van der Waals surface area contributed by atoms with E-state index in [1.54, 1.807) is 0 Å². The Bertz CT molecular complexity index is 1070. The van der Waals surface area contributed by atoms with E-state index >= 15 is 0 Å². The van der Waals surface area contributed by atoms with Crippen LogP contribution in [-0.2, 0) is 11.8 Å². The van der Waals surface area contributed by atoms with E-state index in [1.165, 1.54) is 12.0 Å². The fourth-order valence-corrected chi connectivity index (χ4v) is 5.50. The fourth-order valence-electron chi connectivity index (χ4n) is 5.20. The standard InChI is InChI=1S/C31H42N2O3S/c1-5-20-31(21-6-2,22-13-12-17-24-15-10-9-11-16-24)27-23-28(36-33-27)32-30(37)29-25(34-7-3)18-14-19-26(29)35-8-4/h9-11,14-16,18-19,23H,5-8,12-13,17,20-22H2,1-4H3,(H,32,37). The number of anilines is 1. The van der Waals surface area contributed by atoms with Gasteiger partial charge in [0.2, 0.25) is 5.88 Å². The van der Waals surface area contributed by atoms with Crippen LogP contribution < -0.4 is 14.8 Å². The molecule has 0 saturated heterocycles. The fraction of sp³-hybridized carbons (Fsp3) is 0.484. The molecule has 0 radical (unpaired) electrons. The molecule has 0 unspecified atom stereocenters. The lowest BCUT2D eigenvalue weighted by molar-refractivity contribution is 0.292. The predicted octanol–water partition coefficient (Wildman–Crippen LogP) is 8.51. The highest BCUT2D eigenvalue weighted by Crippen LogP contribution is 2.40.